The highest BCUT2D eigenvalue weighted by molar-refractivity contribution is 6.01. The fourth-order valence-corrected chi connectivity index (χ4v) is 5.26. The second-order valence-corrected chi connectivity index (χ2v) is 11.0. The molecule has 0 radical (unpaired) electrons. The first-order valence-corrected chi connectivity index (χ1v) is 15.3. The van der Waals surface area contributed by atoms with Crippen molar-refractivity contribution >= 4 is 17.9 Å². The van der Waals surface area contributed by atoms with Crippen LogP contribution < -0.4 is 15.6 Å². The van der Waals surface area contributed by atoms with Crippen LogP contribution in [0.4, 0.5) is 8.78 Å². The first kappa shape index (κ1) is 33.8. The van der Waals surface area contributed by atoms with Crippen LogP contribution in [0.25, 0.3) is 16.5 Å². The van der Waals surface area contributed by atoms with E-state index in [2.05, 4.69) is 20.9 Å². The highest BCUT2D eigenvalue weighted by Gasteiger charge is 2.53. The van der Waals surface area contributed by atoms with Crippen molar-refractivity contribution in [1.29, 1.82) is 0 Å². The van der Waals surface area contributed by atoms with Crippen molar-refractivity contribution < 1.29 is 28.2 Å². The summed E-state index contributed by atoms with van der Waals surface area (Å²) in [5.41, 5.74) is 16.2. The van der Waals surface area contributed by atoms with Gasteiger partial charge < -0.3 is 14.6 Å². The quantitative estimate of drug-likeness (QED) is 0.0430. The lowest BCUT2D eigenvalue weighted by Gasteiger charge is -2.31. The molecule has 3 N–H and O–H groups in total. The topological polar surface area (TPSA) is 141 Å². The molecule has 0 saturated carbocycles. The smallest absolute Gasteiger partial charge is 0.266 e. The van der Waals surface area contributed by atoms with E-state index >= 15 is 0 Å². The number of halogens is 2. The highest BCUT2D eigenvalue weighted by atomic mass is 19.2. The van der Waals surface area contributed by atoms with Crippen LogP contribution in [0.2, 0.25) is 0 Å². The molecule has 0 saturated heterocycles. The van der Waals surface area contributed by atoms with Crippen LogP contribution in [0.5, 0.6) is 5.75 Å². The number of hydrogen-bond acceptors (Lipinski definition) is 7. The summed E-state index contributed by atoms with van der Waals surface area (Å²) >= 11 is 0. The number of azide groups is 1. The summed E-state index contributed by atoms with van der Waals surface area (Å²) < 4.78 is 39.6. The van der Waals surface area contributed by atoms with Crippen LogP contribution >= 0.6 is 0 Å². The zero-order valence-electron chi connectivity index (χ0n) is 25.9. The minimum Gasteiger partial charge on any atom is -0.494 e. The number of hydrazine groups is 1. The van der Waals surface area contributed by atoms with Crippen LogP contribution in [0.15, 0.2) is 113 Å². The summed E-state index contributed by atoms with van der Waals surface area (Å²) in [6.07, 6.45) is 3.38. The number of aliphatic hydroxyl groups excluding tert-OH is 1. The number of nitrogens with zero attached hydrogens (tertiary/aromatic N) is 4. The fraction of sp³-hybridized carbons (Fsp3) is 0.222. The zero-order chi connectivity index (χ0) is 33.8. The third-order valence-corrected chi connectivity index (χ3v) is 7.69. The van der Waals surface area contributed by atoms with Gasteiger partial charge in [0, 0.05) is 36.5 Å². The first-order valence-electron chi connectivity index (χ1n) is 15.3. The van der Waals surface area contributed by atoms with E-state index in [1.807, 2.05) is 42.5 Å². The molecule has 1 heterocycles. The van der Waals surface area contributed by atoms with Crippen molar-refractivity contribution in [2.75, 3.05) is 13.2 Å². The van der Waals surface area contributed by atoms with Crippen molar-refractivity contribution in [3.63, 3.8) is 0 Å². The Morgan fingerprint density at radius 3 is 2.56 bits per heavy atom. The Hall–Kier alpha value is -5.55. The number of ether oxygens (including phenoxy) is 2. The number of carbonyl (C=O) groups is 1. The molecule has 4 aromatic rings. The molecule has 0 aliphatic carbocycles. The summed E-state index contributed by atoms with van der Waals surface area (Å²) in [5.74, 6) is -1.69. The van der Waals surface area contributed by atoms with E-state index in [1.165, 1.54) is 6.07 Å². The van der Waals surface area contributed by atoms with Gasteiger partial charge in [-0.3, -0.25) is 10.2 Å². The van der Waals surface area contributed by atoms with E-state index in [0.717, 1.165) is 17.7 Å². The molecule has 0 bridgehead atoms. The molecule has 0 spiro atoms. The van der Waals surface area contributed by atoms with E-state index in [0.29, 0.717) is 41.0 Å². The number of benzene rings is 4. The Bertz CT molecular complexity index is 1810. The molecule has 1 aliphatic rings. The van der Waals surface area contributed by atoms with Gasteiger partial charge in [-0.15, -0.1) is 0 Å². The maximum absolute atomic E-state index is 14.4. The van der Waals surface area contributed by atoms with Crippen LogP contribution in [0.3, 0.4) is 0 Å². The van der Waals surface area contributed by atoms with Gasteiger partial charge in [0.2, 0.25) is 5.90 Å². The molecule has 48 heavy (non-hydrogen) atoms. The predicted molar refractivity (Wildman–Crippen MR) is 177 cm³/mol. The number of aliphatic imine (C=N–C) groups is 1. The SMILES string of the molecule is [N-]=[N+]=NCc1ccccc1[C@@H]1OC(c2ccc(OCCCO)cc2)=N[C@]1(C/C=C/c1ccccc1)C(=O)NNCc1ccc(F)c(F)c1. The van der Waals surface area contributed by atoms with Crippen molar-refractivity contribution in [2.24, 2.45) is 10.1 Å². The number of carbonyl (C=O) groups excluding carboxylic acids is 1. The Morgan fingerprint density at radius 1 is 1.04 bits per heavy atom. The van der Waals surface area contributed by atoms with Gasteiger partial charge in [0.15, 0.2) is 23.3 Å². The molecule has 1 aliphatic heterocycles. The average molecular weight is 653 g/mol. The number of aliphatic hydroxyl groups is 1. The van der Waals surface area contributed by atoms with Crippen LogP contribution in [-0.4, -0.2) is 35.7 Å². The van der Waals surface area contributed by atoms with Gasteiger partial charge in [0.05, 0.1) is 13.2 Å². The molecule has 0 aromatic heterocycles. The van der Waals surface area contributed by atoms with Crippen molar-refractivity contribution in [3.05, 3.63) is 153 Å². The Labute approximate surface area is 276 Å². The van der Waals surface area contributed by atoms with Gasteiger partial charge in [-0.1, -0.05) is 77.9 Å². The predicted octanol–water partition coefficient (Wildman–Crippen LogP) is 6.72. The van der Waals surface area contributed by atoms with Gasteiger partial charge >= 0.3 is 0 Å². The average Bonchev–Trinajstić information content (AvgIpc) is 3.50. The van der Waals surface area contributed by atoms with Gasteiger partial charge in [0.25, 0.3) is 5.91 Å². The summed E-state index contributed by atoms with van der Waals surface area (Å²) in [6.45, 7) is 0.398. The normalized spacial score (nSPS) is 17.0. The lowest BCUT2D eigenvalue weighted by molar-refractivity contribution is -0.129. The molecule has 1 amide bonds. The lowest BCUT2D eigenvalue weighted by atomic mass is 9.82. The molecule has 0 unspecified atom stereocenters. The molecule has 2 atom stereocenters. The molecule has 12 heteroatoms. The van der Waals surface area contributed by atoms with E-state index in [1.54, 1.807) is 48.5 Å². The van der Waals surface area contributed by atoms with Crippen LogP contribution in [0.1, 0.15) is 46.8 Å². The molecule has 0 fully saturated rings. The van der Waals surface area contributed by atoms with E-state index < -0.39 is 29.2 Å². The number of nitrogens with one attached hydrogen (secondary N) is 2. The minimum absolute atomic E-state index is 0.00614. The minimum atomic E-state index is -1.57. The summed E-state index contributed by atoms with van der Waals surface area (Å²) in [4.78, 5) is 22.2. The summed E-state index contributed by atoms with van der Waals surface area (Å²) in [6, 6.07) is 27.3. The maximum Gasteiger partial charge on any atom is 0.266 e. The van der Waals surface area contributed by atoms with E-state index in [-0.39, 0.29) is 32.0 Å². The van der Waals surface area contributed by atoms with E-state index in [9.17, 15) is 13.6 Å². The van der Waals surface area contributed by atoms with Gasteiger partial charge in [-0.2, -0.15) is 0 Å². The highest BCUT2D eigenvalue weighted by Crippen LogP contribution is 2.44. The number of hydrogen-bond donors (Lipinski definition) is 3. The second-order valence-electron chi connectivity index (χ2n) is 11.0. The van der Waals surface area contributed by atoms with Crippen LogP contribution in [-0.2, 0) is 22.6 Å². The van der Waals surface area contributed by atoms with Crippen molar-refractivity contribution in [1.82, 2.24) is 10.9 Å². The van der Waals surface area contributed by atoms with Crippen LogP contribution in [0, 0.1) is 11.6 Å². The van der Waals surface area contributed by atoms with E-state index in [4.69, 9.17) is 25.1 Å². The largest absolute Gasteiger partial charge is 0.494 e. The molecule has 246 valence electrons. The Morgan fingerprint density at radius 2 is 1.81 bits per heavy atom. The van der Waals surface area contributed by atoms with Gasteiger partial charge in [-0.25, -0.2) is 19.2 Å². The van der Waals surface area contributed by atoms with Crippen molar-refractivity contribution in [3.8, 4) is 5.75 Å². The molecular formula is C36H34F2N6O4. The monoisotopic (exact) mass is 652 g/mol. The fourth-order valence-electron chi connectivity index (χ4n) is 5.26. The summed E-state index contributed by atoms with van der Waals surface area (Å²) in [7, 11) is 0. The number of rotatable bonds is 15. The zero-order valence-corrected chi connectivity index (χ0v) is 25.9. The number of amides is 1. The molecular weight excluding hydrogens is 618 g/mol. The first-order chi connectivity index (χ1) is 23.4. The molecule has 4 aromatic carbocycles. The third-order valence-electron chi connectivity index (χ3n) is 7.69. The molecule has 10 nitrogen and oxygen atoms in total. The Balaban J connectivity index is 1.53. The third kappa shape index (κ3) is 8.23. The van der Waals surface area contributed by atoms with Gasteiger partial charge in [0.1, 0.15) is 5.75 Å². The van der Waals surface area contributed by atoms with Gasteiger partial charge in [-0.05, 0) is 64.2 Å². The van der Waals surface area contributed by atoms with Crippen molar-refractivity contribution in [2.45, 2.75) is 37.6 Å². The second kappa shape index (κ2) is 16.3. The standard InChI is InChI=1S/C36H34F2N6O4/c37-31-18-13-26(22-32(31)38)23-40-43-35(46)36(19-6-10-25-8-2-1-3-9-25)33(30-12-5-4-11-28(30)24-41-44-39)48-34(42-36)27-14-16-29(17-15-27)47-21-7-20-45/h1-6,8-18,22,33,40,45H,7,19-21,23-24H2,(H,43,46)/b10-6+/t33-,36-/m0/s1. The maximum atomic E-state index is 14.4. The summed E-state index contributed by atoms with van der Waals surface area (Å²) in [5, 5.41) is 12.8. The Kier molecular flexibility index (Phi) is 11.5. The lowest BCUT2D eigenvalue weighted by Crippen LogP contribution is -2.52. The molecule has 5 rings (SSSR count).